The van der Waals surface area contributed by atoms with E-state index in [1.807, 2.05) is 4.98 Å². The number of aliphatic hydroxyl groups is 3. The molecule has 0 amide bonds. The van der Waals surface area contributed by atoms with Crippen molar-refractivity contribution in [1.29, 1.82) is 0 Å². The van der Waals surface area contributed by atoms with Gasteiger partial charge in [0.2, 0.25) is 5.72 Å². The first-order valence-electron chi connectivity index (χ1n) is 5.39. The van der Waals surface area contributed by atoms with Crippen molar-refractivity contribution in [2.75, 3.05) is 6.61 Å². The van der Waals surface area contributed by atoms with Crippen molar-refractivity contribution in [3.63, 3.8) is 0 Å². The summed E-state index contributed by atoms with van der Waals surface area (Å²) in [5.41, 5.74) is -3.23. The van der Waals surface area contributed by atoms with Crippen LogP contribution < -0.4 is 11.2 Å². The molecule has 0 radical (unpaired) electrons. The summed E-state index contributed by atoms with van der Waals surface area (Å²) in [6.45, 7) is 2.46. The van der Waals surface area contributed by atoms with Crippen LogP contribution >= 0.6 is 0 Å². The van der Waals surface area contributed by atoms with Gasteiger partial charge in [-0.3, -0.25) is 19.3 Å². The van der Waals surface area contributed by atoms with Gasteiger partial charge in [-0.15, -0.1) is 0 Å². The summed E-state index contributed by atoms with van der Waals surface area (Å²) in [4.78, 5) is 28.0. The van der Waals surface area contributed by atoms with Crippen LogP contribution in [0.25, 0.3) is 0 Å². The number of aromatic nitrogens is 2. The third-order valence-corrected chi connectivity index (χ3v) is 3.02. The van der Waals surface area contributed by atoms with Gasteiger partial charge in [0.1, 0.15) is 12.2 Å². The number of nitrogens with one attached hydrogen (secondary N) is 1. The zero-order valence-corrected chi connectivity index (χ0v) is 9.76. The average molecular weight is 271 g/mol. The van der Waals surface area contributed by atoms with Gasteiger partial charge in [-0.1, -0.05) is 0 Å². The number of H-pyrrole nitrogens is 1. The van der Waals surface area contributed by atoms with Gasteiger partial charge >= 0.3 is 5.69 Å². The Morgan fingerprint density at radius 2 is 2.21 bits per heavy atom. The molecule has 2 heterocycles. The van der Waals surface area contributed by atoms with Crippen molar-refractivity contribution in [2.45, 2.75) is 24.2 Å². The highest BCUT2D eigenvalue weighted by Crippen LogP contribution is 2.36. The van der Waals surface area contributed by atoms with Crippen LogP contribution in [0.2, 0.25) is 0 Å². The third kappa shape index (κ3) is 2.02. The molecule has 0 aliphatic carbocycles. The van der Waals surface area contributed by atoms with Crippen LogP contribution in [0.4, 0.5) is 0 Å². The summed E-state index contributed by atoms with van der Waals surface area (Å²) in [5, 5.41) is 28.9. The predicted molar refractivity (Wildman–Crippen MR) is 62.8 cm³/mol. The van der Waals surface area contributed by atoms with E-state index in [0.29, 0.717) is 0 Å². The average Bonchev–Trinajstić information content (AvgIpc) is 2.64. The van der Waals surface area contributed by atoms with Crippen molar-refractivity contribution in [2.24, 2.45) is 4.99 Å². The highest BCUT2D eigenvalue weighted by Gasteiger charge is 2.54. The number of rotatable bonds is 3. The van der Waals surface area contributed by atoms with Gasteiger partial charge in [-0.2, -0.15) is 0 Å². The maximum atomic E-state index is 11.6. The molecule has 1 aliphatic rings. The van der Waals surface area contributed by atoms with Crippen LogP contribution in [-0.2, 0) is 4.74 Å². The molecule has 1 fully saturated rings. The first-order chi connectivity index (χ1) is 8.95. The normalized spacial score (nSPS) is 34.4. The van der Waals surface area contributed by atoms with Gasteiger partial charge in [0, 0.05) is 12.3 Å². The second-order valence-corrected chi connectivity index (χ2v) is 4.12. The van der Waals surface area contributed by atoms with Crippen molar-refractivity contribution in [3.8, 4) is 0 Å². The SMILES string of the molecule is C=N[C@]1(CO)O[C@@H](n2ccc(=O)[nH]c2=O)[C@@H](O)[C@@H]1O. The standard InChI is InChI=1S/C10H13N3O6/c1-11-10(4-14)7(17)6(16)8(19-10)13-3-2-5(15)12-9(13)18/h2-3,6-8,14,16-17H,1,4H2,(H,12,15,18)/t6-,7-,8+,10+/m0/s1. The topological polar surface area (TPSA) is 137 Å². The number of aliphatic hydroxyl groups excluding tert-OH is 3. The molecule has 1 aromatic rings. The van der Waals surface area contributed by atoms with Gasteiger partial charge in [-0.25, -0.2) is 4.79 Å². The number of hydrogen-bond acceptors (Lipinski definition) is 7. The summed E-state index contributed by atoms with van der Waals surface area (Å²) < 4.78 is 6.13. The van der Waals surface area contributed by atoms with E-state index in [9.17, 15) is 24.9 Å². The van der Waals surface area contributed by atoms with E-state index in [0.717, 1.165) is 16.8 Å². The highest BCUT2D eigenvalue weighted by molar-refractivity contribution is 5.26. The molecular weight excluding hydrogens is 258 g/mol. The molecule has 4 N–H and O–H groups in total. The molecule has 2 rings (SSSR count). The van der Waals surface area contributed by atoms with Gasteiger partial charge < -0.3 is 20.1 Å². The van der Waals surface area contributed by atoms with Crippen molar-refractivity contribution >= 4 is 6.72 Å². The molecule has 0 aromatic carbocycles. The molecule has 9 heteroatoms. The summed E-state index contributed by atoms with van der Waals surface area (Å²) in [5.74, 6) is 0. The Bertz CT molecular complexity index is 595. The fourth-order valence-corrected chi connectivity index (χ4v) is 1.93. The highest BCUT2D eigenvalue weighted by atomic mass is 16.6. The minimum atomic E-state index is -1.81. The van der Waals surface area contributed by atoms with Gasteiger partial charge in [0.05, 0.1) is 6.61 Å². The van der Waals surface area contributed by atoms with Crippen LogP contribution in [0.3, 0.4) is 0 Å². The molecule has 1 saturated heterocycles. The lowest BCUT2D eigenvalue weighted by molar-refractivity contribution is -0.123. The first-order valence-corrected chi connectivity index (χ1v) is 5.39. The second kappa shape index (κ2) is 4.70. The number of nitrogens with zero attached hydrogens (tertiary/aromatic N) is 2. The quantitative estimate of drug-likeness (QED) is 0.437. The fourth-order valence-electron chi connectivity index (χ4n) is 1.93. The Kier molecular flexibility index (Phi) is 3.37. The summed E-state index contributed by atoms with van der Waals surface area (Å²) in [6.07, 6.45) is -3.25. The number of aromatic amines is 1. The second-order valence-electron chi connectivity index (χ2n) is 4.12. The molecule has 104 valence electrons. The van der Waals surface area contributed by atoms with Crippen LogP contribution in [0, 0.1) is 0 Å². The monoisotopic (exact) mass is 271 g/mol. The molecule has 1 aromatic heterocycles. The smallest absolute Gasteiger partial charge is 0.330 e. The van der Waals surface area contributed by atoms with E-state index in [4.69, 9.17) is 4.74 Å². The van der Waals surface area contributed by atoms with Gasteiger partial charge in [-0.05, 0) is 6.72 Å². The lowest BCUT2D eigenvalue weighted by Gasteiger charge is -2.24. The summed E-state index contributed by atoms with van der Waals surface area (Å²) in [6, 6.07) is 1.06. The molecule has 9 nitrogen and oxygen atoms in total. The summed E-state index contributed by atoms with van der Waals surface area (Å²) in [7, 11) is 0. The largest absolute Gasteiger partial charge is 0.391 e. The number of aliphatic imine (C=N–C) groups is 1. The minimum Gasteiger partial charge on any atom is -0.391 e. The molecule has 0 bridgehead atoms. The third-order valence-electron chi connectivity index (χ3n) is 3.02. The van der Waals surface area contributed by atoms with Crippen LogP contribution in [0.5, 0.6) is 0 Å². The first kappa shape index (κ1) is 13.6. The van der Waals surface area contributed by atoms with Crippen LogP contribution in [0.15, 0.2) is 26.8 Å². The summed E-state index contributed by atoms with van der Waals surface area (Å²) >= 11 is 0. The van der Waals surface area contributed by atoms with E-state index in [1.54, 1.807) is 0 Å². The Labute approximate surface area is 106 Å². The molecule has 4 atom stereocenters. The van der Waals surface area contributed by atoms with Crippen molar-refractivity contribution in [3.05, 3.63) is 33.1 Å². The Balaban J connectivity index is 2.45. The van der Waals surface area contributed by atoms with Crippen molar-refractivity contribution in [1.82, 2.24) is 9.55 Å². The van der Waals surface area contributed by atoms with Crippen LogP contribution in [0.1, 0.15) is 6.23 Å². The Morgan fingerprint density at radius 1 is 1.53 bits per heavy atom. The number of ether oxygens (including phenoxy) is 1. The fraction of sp³-hybridized carbons (Fsp3) is 0.500. The maximum absolute atomic E-state index is 11.6. The zero-order chi connectivity index (χ0) is 14.2. The molecule has 0 saturated carbocycles. The van der Waals surface area contributed by atoms with E-state index in [2.05, 4.69) is 11.7 Å². The molecule has 1 aliphatic heterocycles. The Morgan fingerprint density at radius 3 is 2.68 bits per heavy atom. The number of hydrogen-bond donors (Lipinski definition) is 4. The molecule has 19 heavy (non-hydrogen) atoms. The maximum Gasteiger partial charge on any atom is 0.330 e. The van der Waals surface area contributed by atoms with Gasteiger partial charge in [0.15, 0.2) is 6.23 Å². The van der Waals surface area contributed by atoms with Crippen LogP contribution in [-0.4, -0.2) is 56.1 Å². The molecule has 0 unspecified atom stereocenters. The van der Waals surface area contributed by atoms with E-state index in [-0.39, 0.29) is 0 Å². The predicted octanol–water partition coefficient (Wildman–Crippen LogP) is -2.82. The zero-order valence-electron chi connectivity index (χ0n) is 9.76. The van der Waals surface area contributed by atoms with E-state index in [1.165, 1.54) is 0 Å². The lowest BCUT2D eigenvalue weighted by atomic mass is 10.1. The molecule has 0 spiro atoms. The van der Waals surface area contributed by atoms with E-state index >= 15 is 0 Å². The lowest BCUT2D eigenvalue weighted by Crippen LogP contribution is -2.44. The Hall–Kier alpha value is -1.81. The van der Waals surface area contributed by atoms with Gasteiger partial charge in [0.25, 0.3) is 5.56 Å². The van der Waals surface area contributed by atoms with E-state index < -0.39 is 42.0 Å². The minimum absolute atomic E-state index is 0.607. The molecular formula is C10H13N3O6. The van der Waals surface area contributed by atoms with Crippen molar-refractivity contribution < 1.29 is 20.1 Å².